The van der Waals surface area contributed by atoms with Crippen LogP contribution in [0.3, 0.4) is 0 Å². The quantitative estimate of drug-likeness (QED) is 0.0603. The van der Waals surface area contributed by atoms with E-state index in [0.29, 0.717) is 41.7 Å². The molecule has 0 spiro atoms. The summed E-state index contributed by atoms with van der Waals surface area (Å²) in [4.78, 5) is 54.5. The van der Waals surface area contributed by atoms with Crippen molar-refractivity contribution in [2.45, 2.75) is 94.9 Å². The van der Waals surface area contributed by atoms with Gasteiger partial charge in [0.1, 0.15) is 12.1 Å². The zero-order chi connectivity index (χ0) is 69.3. The number of nitro benzene ring substituents is 1. The Morgan fingerprint density at radius 2 is 1.00 bits per heavy atom. The third-order valence-corrected chi connectivity index (χ3v) is 21.9. The molecule has 8 aromatic carbocycles. The third-order valence-electron chi connectivity index (χ3n) is 19.7. The van der Waals surface area contributed by atoms with E-state index >= 15 is 0 Å². The lowest BCUT2D eigenvalue weighted by molar-refractivity contribution is -0.384. The molecule has 512 valence electrons. The van der Waals surface area contributed by atoms with E-state index in [-0.39, 0.29) is 42.5 Å². The second-order valence-electron chi connectivity index (χ2n) is 25.8. The highest BCUT2D eigenvalue weighted by Crippen LogP contribution is 2.44. The summed E-state index contributed by atoms with van der Waals surface area (Å²) in [6, 6.07) is 56.7. The van der Waals surface area contributed by atoms with Crippen LogP contribution in [0.25, 0.3) is 43.6 Å². The summed E-state index contributed by atoms with van der Waals surface area (Å²) in [5.41, 5.74) is 17.7. The minimum atomic E-state index is -0.506. The molecule has 22 heteroatoms. The Kier molecular flexibility index (Phi) is 21.0. The van der Waals surface area contributed by atoms with E-state index < -0.39 is 17.1 Å². The Balaban J connectivity index is 0.000000115. The fourth-order valence-electron chi connectivity index (χ4n) is 15.2. The number of fused-ring (bicyclic) bond motifs is 12. The van der Waals surface area contributed by atoms with Crippen LogP contribution in [-0.4, -0.2) is 95.9 Å². The molecule has 1 fully saturated rings. The summed E-state index contributed by atoms with van der Waals surface area (Å²) < 4.78 is 8.50. The Hall–Kier alpha value is -7.95. The van der Waals surface area contributed by atoms with Gasteiger partial charge in [-0.05, 0) is 187 Å². The van der Waals surface area contributed by atoms with Gasteiger partial charge in [-0.1, -0.05) is 169 Å². The van der Waals surface area contributed by atoms with Crippen LogP contribution in [-0.2, 0) is 30.4 Å². The van der Waals surface area contributed by atoms with Gasteiger partial charge in [0, 0.05) is 139 Å². The summed E-state index contributed by atoms with van der Waals surface area (Å²) in [6.07, 6.45) is 8.75. The van der Waals surface area contributed by atoms with Crippen LogP contribution < -0.4 is 10.6 Å². The highest BCUT2D eigenvalue weighted by Gasteiger charge is 2.38. The first-order chi connectivity index (χ1) is 48.5. The fraction of sp³-hybridized carbons (Fsp3) is 0.256. The van der Waals surface area contributed by atoms with Gasteiger partial charge in [-0.2, -0.15) is 5.06 Å². The molecule has 1 saturated carbocycles. The molecule has 0 saturated heterocycles. The summed E-state index contributed by atoms with van der Waals surface area (Å²) in [5.74, 6) is 0. The van der Waals surface area contributed by atoms with Crippen molar-refractivity contribution in [3.05, 3.63) is 282 Å². The van der Waals surface area contributed by atoms with Crippen LogP contribution >= 0.6 is 82.6 Å². The Morgan fingerprint density at radius 1 is 0.530 bits per heavy atom. The predicted molar refractivity (Wildman–Crippen MR) is 408 cm³/mol. The van der Waals surface area contributed by atoms with Crippen molar-refractivity contribution in [3.8, 4) is 0 Å². The van der Waals surface area contributed by atoms with Gasteiger partial charge in [0.15, 0.2) is 0 Å². The monoisotopic (exact) mass is 1590 g/mol. The first-order valence-electron chi connectivity index (χ1n) is 33.7. The van der Waals surface area contributed by atoms with E-state index in [1.807, 2.05) is 83.8 Å². The molecule has 3 amide bonds. The van der Waals surface area contributed by atoms with Crippen molar-refractivity contribution >= 4 is 144 Å². The number of amides is 3. The van der Waals surface area contributed by atoms with Gasteiger partial charge in [-0.3, -0.25) is 15.0 Å². The number of nitro groups is 1. The van der Waals surface area contributed by atoms with Crippen LogP contribution in [0.15, 0.2) is 189 Å². The number of nitrogens with one attached hydrogen (secondary N) is 6. The van der Waals surface area contributed by atoms with E-state index in [4.69, 9.17) is 39.5 Å². The molecular weight excluding hydrogens is 1520 g/mol. The Labute approximate surface area is 618 Å². The molecule has 4 atom stereocenters. The maximum atomic E-state index is 13.4. The number of aromatic nitrogens is 4. The van der Waals surface area contributed by atoms with Gasteiger partial charge < -0.3 is 45.4 Å². The van der Waals surface area contributed by atoms with Crippen LogP contribution in [0, 0.1) is 10.1 Å². The molecule has 0 radical (unpaired) electrons. The molecule has 7 N–H and O–H groups in total. The molecule has 1 aliphatic carbocycles. The van der Waals surface area contributed by atoms with E-state index in [1.54, 1.807) is 30.0 Å². The number of urea groups is 1. The molecular formula is C78H72Br3Cl3N10O6. The summed E-state index contributed by atoms with van der Waals surface area (Å²) in [7, 11) is 0. The summed E-state index contributed by atoms with van der Waals surface area (Å²) in [6.45, 7) is 4.75. The molecule has 4 unspecified atom stereocenters. The molecule has 16 nitrogen and oxygen atoms in total. The highest BCUT2D eigenvalue weighted by atomic mass is 79.9. The van der Waals surface area contributed by atoms with Crippen molar-refractivity contribution in [3.63, 3.8) is 0 Å². The van der Waals surface area contributed by atoms with Crippen LogP contribution in [0.2, 0.25) is 15.1 Å². The molecule has 4 aromatic heterocycles. The fourth-order valence-corrected chi connectivity index (χ4v) is 16.9. The van der Waals surface area contributed by atoms with Crippen molar-refractivity contribution in [2.75, 3.05) is 32.8 Å². The van der Waals surface area contributed by atoms with Gasteiger partial charge >= 0.3 is 12.1 Å². The van der Waals surface area contributed by atoms with E-state index in [9.17, 15) is 24.9 Å². The average molecular weight is 1590 g/mol. The van der Waals surface area contributed by atoms with Gasteiger partial charge in [-0.15, -0.1) is 0 Å². The number of nitrogens with zero attached hydrogens (tertiary/aromatic N) is 4. The smallest absolute Gasteiger partial charge is 0.410 e. The topological polar surface area (TPSA) is 204 Å². The van der Waals surface area contributed by atoms with Crippen molar-refractivity contribution in [1.82, 2.24) is 45.4 Å². The number of non-ortho nitro benzene ring substituents is 1. The Morgan fingerprint density at radius 3 is 1.58 bits per heavy atom. The normalized spacial score (nSPS) is 18.1. The highest BCUT2D eigenvalue weighted by molar-refractivity contribution is 9.11. The zero-order valence-corrected chi connectivity index (χ0v) is 61.6. The number of carbonyl (C=O) groups excluding carboxylic acids is 2. The minimum absolute atomic E-state index is 0.0208. The second kappa shape index (κ2) is 30.3. The predicted octanol–water partition coefficient (Wildman–Crippen LogP) is 20.5. The SMILES string of the molecule is CCOC(=O)N1CCc2c([nH]c3ccc(Cl)cc23)C1c1cccc([N+](=O)[O-])c1.Clc1cccc(C2NCCc3c2[nH]c2ccc(Br)cc32)c1.O=C(NC1CCCCC1)N1CCc2c([nH]c3ccc(Br)cc23)C1c1cccc(Cl)c1.ON1CCc2c([nH]c3ccc(Br)cc23)C1c1ccccc1. The van der Waals surface area contributed by atoms with Crippen LogP contribution in [0.4, 0.5) is 15.3 Å². The Bertz CT molecular complexity index is 5030. The van der Waals surface area contributed by atoms with Gasteiger partial charge in [-0.25, -0.2) is 9.59 Å². The first-order valence-corrected chi connectivity index (χ1v) is 37.3. The molecule has 0 bridgehead atoms. The standard InChI is InChI=1S/C24H25BrClN3O.C20H18ClN3O4.C17H14BrClN2.C17H15BrN2O/c25-16-9-10-21-20(14-16)19-11-12-29(24(30)27-18-7-2-1-3-8-18)23(22(19)28-21)15-5-4-6-17(26)13-15;1-2-28-20(25)23-9-8-15-16-11-13(21)6-7-17(16)22-18(15)19(23)12-4-3-5-14(10-12)24(26)27;18-11-4-5-15-14(9-11)13-6-7-20-16(17(13)21-15)10-2-1-3-12(19)8-10;18-12-6-7-15-14(10-12)13-8-9-20(21)17(16(13)19-15)11-4-2-1-3-5-11/h4-6,9-10,13-14,18,23,28H,1-3,7-8,11-12H2,(H,27,30);3-7,10-11,19,22H,2,8-9H2,1H3;1-5,8-9,16,20-21H,6-7H2;1-7,10,17,19,21H,8-9H2. The van der Waals surface area contributed by atoms with Crippen LogP contribution in [0.5, 0.6) is 0 Å². The number of carbonyl (C=O) groups is 2. The molecule has 100 heavy (non-hydrogen) atoms. The summed E-state index contributed by atoms with van der Waals surface area (Å²) >= 11 is 29.4. The maximum Gasteiger partial charge on any atom is 0.410 e. The average Bonchev–Trinajstić information content (AvgIpc) is 1.60. The lowest BCUT2D eigenvalue weighted by Crippen LogP contribution is -2.49. The van der Waals surface area contributed by atoms with Gasteiger partial charge in [0.2, 0.25) is 0 Å². The van der Waals surface area contributed by atoms with Gasteiger partial charge in [0.25, 0.3) is 5.69 Å². The van der Waals surface area contributed by atoms with Gasteiger partial charge in [0.05, 0.1) is 23.6 Å². The lowest BCUT2D eigenvalue weighted by atomic mass is 9.92. The molecule has 12 aromatic rings. The number of rotatable bonds is 7. The van der Waals surface area contributed by atoms with E-state index in [0.717, 1.165) is 113 Å². The number of hydroxylamine groups is 2. The number of benzene rings is 8. The zero-order valence-electron chi connectivity index (χ0n) is 54.6. The van der Waals surface area contributed by atoms with E-state index in [2.05, 4.69) is 145 Å². The number of aromatic amines is 4. The largest absolute Gasteiger partial charge is 0.450 e. The van der Waals surface area contributed by atoms with Crippen molar-refractivity contribution in [1.29, 1.82) is 0 Å². The second-order valence-corrected chi connectivity index (χ2v) is 29.9. The first kappa shape index (κ1) is 69.1. The molecule has 5 aliphatic rings. The van der Waals surface area contributed by atoms with E-state index in [1.165, 1.54) is 86.1 Å². The maximum absolute atomic E-state index is 13.4. The number of ether oxygens (including phenoxy) is 1. The minimum Gasteiger partial charge on any atom is -0.450 e. The molecule has 8 heterocycles. The lowest BCUT2D eigenvalue weighted by Gasteiger charge is -2.37. The van der Waals surface area contributed by atoms with Crippen molar-refractivity contribution in [2.24, 2.45) is 0 Å². The van der Waals surface area contributed by atoms with Crippen LogP contribution in [0.1, 0.15) is 130 Å². The number of H-pyrrole nitrogens is 4. The number of halogens is 6. The number of hydrogen-bond acceptors (Lipinski definition) is 8. The third kappa shape index (κ3) is 14.5. The molecule has 17 rings (SSSR count). The number of hydrogen-bond donors (Lipinski definition) is 7. The summed E-state index contributed by atoms with van der Waals surface area (Å²) in [5, 5.41) is 36.8. The molecule has 4 aliphatic heterocycles. The van der Waals surface area contributed by atoms with Crippen molar-refractivity contribution < 1.29 is 24.5 Å².